The molecule has 0 saturated carbocycles. The summed E-state index contributed by atoms with van der Waals surface area (Å²) in [4.78, 5) is 18.2. The maximum atomic E-state index is 12.5. The van der Waals surface area contributed by atoms with Gasteiger partial charge in [0.1, 0.15) is 0 Å². The SMILES string of the molecule is COc1ccc(/C=C/C(=O)N2CCN(CCSc3ccccc3)CC2)cc1OC. The molecule has 1 heterocycles. The number of hydrogen-bond donors (Lipinski definition) is 0. The van der Waals surface area contributed by atoms with Gasteiger partial charge in [-0.1, -0.05) is 24.3 Å². The van der Waals surface area contributed by atoms with E-state index in [4.69, 9.17) is 9.47 Å². The first-order valence-electron chi connectivity index (χ1n) is 9.79. The summed E-state index contributed by atoms with van der Waals surface area (Å²) >= 11 is 1.88. The number of ether oxygens (including phenoxy) is 2. The van der Waals surface area contributed by atoms with Gasteiger partial charge in [0.2, 0.25) is 5.91 Å². The summed E-state index contributed by atoms with van der Waals surface area (Å²) < 4.78 is 10.6. The Balaban J connectivity index is 1.43. The highest BCUT2D eigenvalue weighted by atomic mass is 32.2. The van der Waals surface area contributed by atoms with E-state index in [-0.39, 0.29) is 5.91 Å². The van der Waals surface area contributed by atoms with Crippen LogP contribution in [0.1, 0.15) is 5.56 Å². The predicted molar refractivity (Wildman–Crippen MR) is 119 cm³/mol. The average molecular weight is 413 g/mol. The third kappa shape index (κ3) is 6.27. The smallest absolute Gasteiger partial charge is 0.246 e. The second-order valence-electron chi connectivity index (χ2n) is 6.78. The van der Waals surface area contributed by atoms with Crippen LogP contribution in [0.25, 0.3) is 6.08 Å². The third-order valence-electron chi connectivity index (χ3n) is 4.93. The quantitative estimate of drug-likeness (QED) is 0.489. The molecular formula is C23H28N2O3S. The van der Waals surface area contributed by atoms with Gasteiger partial charge in [0, 0.05) is 49.4 Å². The Labute approximate surface area is 177 Å². The van der Waals surface area contributed by atoms with Crippen molar-refractivity contribution >= 4 is 23.7 Å². The summed E-state index contributed by atoms with van der Waals surface area (Å²) in [5.74, 6) is 2.46. The average Bonchev–Trinajstić information content (AvgIpc) is 2.78. The number of piperazine rings is 1. The monoisotopic (exact) mass is 412 g/mol. The molecule has 29 heavy (non-hydrogen) atoms. The minimum atomic E-state index is 0.0538. The van der Waals surface area contributed by atoms with Crippen molar-refractivity contribution in [1.29, 1.82) is 0 Å². The Hall–Kier alpha value is -2.44. The van der Waals surface area contributed by atoms with Crippen LogP contribution in [0.2, 0.25) is 0 Å². The van der Waals surface area contributed by atoms with Crippen molar-refractivity contribution in [3.8, 4) is 11.5 Å². The highest BCUT2D eigenvalue weighted by Crippen LogP contribution is 2.28. The van der Waals surface area contributed by atoms with Gasteiger partial charge in [-0.25, -0.2) is 0 Å². The van der Waals surface area contributed by atoms with Crippen LogP contribution < -0.4 is 9.47 Å². The molecule has 0 bridgehead atoms. The summed E-state index contributed by atoms with van der Waals surface area (Å²) in [6, 6.07) is 16.1. The fourth-order valence-corrected chi connectivity index (χ4v) is 4.17. The van der Waals surface area contributed by atoms with Gasteiger partial charge in [-0.3, -0.25) is 9.69 Å². The molecule has 0 aliphatic carbocycles. The van der Waals surface area contributed by atoms with Crippen molar-refractivity contribution in [2.75, 3.05) is 52.7 Å². The van der Waals surface area contributed by atoms with E-state index in [2.05, 4.69) is 29.2 Å². The first-order valence-corrected chi connectivity index (χ1v) is 10.8. The van der Waals surface area contributed by atoms with E-state index in [9.17, 15) is 4.79 Å². The Morgan fingerprint density at radius 3 is 2.41 bits per heavy atom. The molecule has 2 aromatic carbocycles. The summed E-state index contributed by atoms with van der Waals surface area (Å²) in [7, 11) is 3.21. The molecule has 0 atom stereocenters. The van der Waals surface area contributed by atoms with Crippen molar-refractivity contribution in [2.45, 2.75) is 4.90 Å². The lowest BCUT2D eigenvalue weighted by Gasteiger charge is -2.34. The van der Waals surface area contributed by atoms with Crippen LogP contribution >= 0.6 is 11.8 Å². The second-order valence-corrected chi connectivity index (χ2v) is 7.94. The topological polar surface area (TPSA) is 42.0 Å². The summed E-state index contributed by atoms with van der Waals surface area (Å²) in [5, 5.41) is 0. The van der Waals surface area contributed by atoms with E-state index in [0.717, 1.165) is 44.0 Å². The molecule has 2 aromatic rings. The largest absolute Gasteiger partial charge is 0.493 e. The molecule has 1 fully saturated rings. The van der Waals surface area contributed by atoms with Gasteiger partial charge in [-0.2, -0.15) is 0 Å². The zero-order valence-electron chi connectivity index (χ0n) is 17.0. The molecule has 6 heteroatoms. The number of amides is 1. The molecule has 3 rings (SSSR count). The van der Waals surface area contributed by atoms with Crippen molar-refractivity contribution in [3.05, 3.63) is 60.2 Å². The number of carbonyl (C=O) groups excluding carboxylic acids is 1. The van der Waals surface area contributed by atoms with Gasteiger partial charge in [0.25, 0.3) is 0 Å². The highest BCUT2D eigenvalue weighted by molar-refractivity contribution is 7.99. The number of rotatable bonds is 8. The molecule has 1 saturated heterocycles. The lowest BCUT2D eigenvalue weighted by Crippen LogP contribution is -2.48. The Morgan fingerprint density at radius 1 is 1.00 bits per heavy atom. The third-order valence-corrected chi connectivity index (χ3v) is 5.92. The summed E-state index contributed by atoms with van der Waals surface area (Å²) in [6.45, 7) is 4.43. The molecule has 154 valence electrons. The Kier molecular flexibility index (Phi) is 8.02. The molecule has 0 radical (unpaired) electrons. The summed E-state index contributed by atoms with van der Waals surface area (Å²) in [5.41, 5.74) is 0.910. The molecule has 1 aliphatic rings. The molecule has 0 N–H and O–H groups in total. The lowest BCUT2D eigenvalue weighted by atomic mass is 10.2. The number of benzene rings is 2. The van der Waals surface area contributed by atoms with Crippen molar-refractivity contribution < 1.29 is 14.3 Å². The van der Waals surface area contributed by atoms with Gasteiger partial charge < -0.3 is 14.4 Å². The first-order chi connectivity index (χ1) is 14.2. The van der Waals surface area contributed by atoms with E-state index >= 15 is 0 Å². The molecule has 0 spiro atoms. The van der Waals surface area contributed by atoms with E-state index in [1.807, 2.05) is 47.0 Å². The maximum absolute atomic E-state index is 12.5. The normalized spacial score (nSPS) is 14.9. The van der Waals surface area contributed by atoms with Crippen LogP contribution in [-0.2, 0) is 4.79 Å². The van der Waals surface area contributed by atoms with E-state index in [0.29, 0.717) is 11.5 Å². The number of nitrogens with zero attached hydrogens (tertiary/aromatic N) is 2. The number of methoxy groups -OCH3 is 2. The minimum absolute atomic E-state index is 0.0538. The molecular weight excluding hydrogens is 384 g/mol. The number of carbonyl (C=O) groups is 1. The van der Waals surface area contributed by atoms with Crippen molar-refractivity contribution in [2.24, 2.45) is 0 Å². The zero-order chi connectivity index (χ0) is 20.5. The molecule has 5 nitrogen and oxygen atoms in total. The van der Waals surface area contributed by atoms with Gasteiger partial charge >= 0.3 is 0 Å². The van der Waals surface area contributed by atoms with E-state index < -0.39 is 0 Å². The fraction of sp³-hybridized carbons (Fsp3) is 0.348. The van der Waals surface area contributed by atoms with Crippen molar-refractivity contribution in [3.63, 3.8) is 0 Å². The van der Waals surface area contributed by atoms with E-state index in [1.165, 1.54) is 4.90 Å². The minimum Gasteiger partial charge on any atom is -0.493 e. The van der Waals surface area contributed by atoms with E-state index in [1.54, 1.807) is 20.3 Å². The number of thioether (sulfide) groups is 1. The van der Waals surface area contributed by atoms with Crippen LogP contribution in [0.4, 0.5) is 0 Å². The van der Waals surface area contributed by atoms with Gasteiger partial charge in [0.05, 0.1) is 14.2 Å². The molecule has 1 amide bonds. The first kappa shape index (κ1) is 21.3. The Morgan fingerprint density at radius 2 is 1.72 bits per heavy atom. The lowest BCUT2D eigenvalue weighted by molar-refractivity contribution is -0.127. The Bertz CT molecular complexity index is 818. The zero-order valence-corrected chi connectivity index (χ0v) is 17.9. The van der Waals surface area contributed by atoms with Crippen LogP contribution in [0, 0.1) is 0 Å². The number of hydrogen-bond acceptors (Lipinski definition) is 5. The second kappa shape index (κ2) is 10.9. The maximum Gasteiger partial charge on any atom is 0.246 e. The van der Waals surface area contributed by atoms with Crippen LogP contribution in [0.15, 0.2) is 59.5 Å². The molecule has 0 unspecified atom stereocenters. The van der Waals surface area contributed by atoms with Crippen LogP contribution in [0.5, 0.6) is 11.5 Å². The van der Waals surface area contributed by atoms with Gasteiger partial charge in [-0.05, 0) is 35.9 Å². The summed E-state index contributed by atoms with van der Waals surface area (Å²) in [6.07, 6.45) is 3.47. The standard InChI is InChI=1S/C23H28N2O3S/c1-27-21-10-8-19(18-22(21)28-2)9-11-23(26)25-14-12-24(13-15-25)16-17-29-20-6-4-3-5-7-20/h3-11,18H,12-17H2,1-2H3/b11-9+. The molecule has 0 aromatic heterocycles. The van der Waals surface area contributed by atoms with Gasteiger partial charge in [0.15, 0.2) is 11.5 Å². The van der Waals surface area contributed by atoms with Crippen LogP contribution in [0.3, 0.4) is 0 Å². The van der Waals surface area contributed by atoms with Crippen LogP contribution in [-0.4, -0.2) is 68.4 Å². The molecule has 1 aliphatic heterocycles. The van der Waals surface area contributed by atoms with Crippen molar-refractivity contribution in [1.82, 2.24) is 9.80 Å². The highest BCUT2D eigenvalue weighted by Gasteiger charge is 2.19. The predicted octanol–water partition coefficient (Wildman–Crippen LogP) is 3.65. The van der Waals surface area contributed by atoms with Gasteiger partial charge in [-0.15, -0.1) is 11.8 Å². The fourth-order valence-electron chi connectivity index (χ4n) is 3.23.